The van der Waals surface area contributed by atoms with Crippen LogP contribution in [-0.2, 0) is 19.4 Å². The molecule has 1 heterocycles. The van der Waals surface area contributed by atoms with Crippen molar-refractivity contribution in [3.63, 3.8) is 0 Å². The van der Waals surface area contributed by atoms with Gasteiger partial charge < -0.3 is 0 Å². The molecule has 1 aliphatic heterocycles. The highest BCUT2D eigenvalue weighted by atomic mass is 32.2. The smallest absolute Gasteiger partial charge is 0.277 e. The Morgan fingerprint density at radius 3 is 2.15 bits per heavy atom. The Bertz CT molecular complexity index is 522. The van der Waals surface area contributed by atoms with E-state index in [2.05, 4.69) is 5.32 Å². The van der Waals surface area contributed by atoms with E-state index in [0.29, 0.717) is 12.8 Å². The van der Waals surface area contributed by atoms with Crippen LogP contribution in [0.1, 0.15) is 33.1 Å². The number of rotatable bonds is 6. The highest BCUT2D eigenvalue weighted by molar-refractivity contribution is 7.90. The van der Waals surface area contributed by atoms with Gasteiger partial charge in [0.15, 0.2) is 0 Å². The number of barbiturate groups is 1. The summed E-state index contributed by atoms with van der Waals surface area (Å²) in [5, 5.41) is 2.18. The summed E-state index contributed by atoms with van der Waals surface area (Å²) in [5.74, 6) is -1.22. The maximum Gasteiger partial charge on any atom is 0.330 e. The van der Waals surface area contributed by atoms with E-state index >= 15 is 0 Å². The summed E-state index contributed by atoms with van der Waals surface area (Å²) in [6.07, 6.45) is 1.85. The van der Waals surface area contributed by atoms with Crippen LogP contribution in [-0.4, -0.2) is 49.7 Å². The monoisotopic (exact) mass is 304 g/mol. The zero-order valence-electron chi connectivity index (χ0n) is 11.9. The van der Waals surface area contributed by atoms with Crippen molar-refractivity contribution in [3.8, 4) is 0 Å². The van der Waals surface area contributed by atoms with Gasteiger partial charge in [-0.3, -0.25) is 19.8 Å². The fourth-order valence-electron chi connectivity index (χ4n) is 2.29. The van der Waals surface area contributed by atoms with Crippen LogP contribution in [0.2, 0.25) is 0 Å². The molecule has 1 N–H and O–H groups in total. The van der Waals surface area contributed by atoms with Crippen molar-refractivity contribution in [1.29, 1.82) is 0 Å². The molecule has 8 heteroatoms. The Morgan fingerprint density at radius 2 is 1.70 bits per heavy atom. The predicted octanol–water partition coefficient (Wildman–Crippen LogP) is 0.306. The number of nitrogens with zero attached hydrogens (tertiary/aromatic N) is 1. The van der Waals surface area contributed by atoms with Crippen molar-refractivity contribution >= 4 is 27.7 Å². The van der Waals surface area contributed by atoms with Crippen LogP contribution >= 0.6 is 0 Å². The molecule has 114 valence electrons. The van der Waals surface area contributed by atoms with Crippen molar-refractivity contribution in [1.82, 2.24) is 10.2 Å². The number of nitrogens with one attached hydrogen (secondary N) is 1. The summed E-state index contributed by atoms with van der Waals surface area (Å²) in [5.41, 5.74) is -1.22. The van der Waals surface area contributed by atoms with Crippen LogP contribution in [0.15, 0.2) is 0 Å². The summed E-state index contributed by atoms with van der Waals surface area (Å²) in [6, 6.07) is -0.772. The van der Waals surface area contributed by atoms with Crippen molar-refractivity contribution in [2.24, 2.45) is 5.41 Å². The van der Waals surface area contributed by atoms with E-state index < -0.39 is 33.1 Å². The zero-order valence-corrected chi connectivity index (χ0v) is 12.7. The Hall–Kier alpha value is -1.44. The van der Waals surface area contributed by atoms with Crippen molar-refractivity contribution in [2.75, 3.05) is 18.6 Å². The molecular weight excluding hydrogens is 284 g/mol. The summed E-state index contributed by atoms with van der Waals surface area (Å²) >= 11 is 0. The minimum Gasteiger partial charge on any atom is -0.277 e. The fourth-order valence-corrected chi connectivity index (χ4v) is 2.95. The van der Waals surface area contributed by atoms with Gasteiger partial charge in [0.25, 0.3) is 0 Å². The third-order valence-corrected chi connectivity index (χ3v) is 4.69. The highest BCUT2D eigenvalue weighted by Crippen LogP contribution is 2.32. The van der Waals surface area contributed by atoms with E-state index in [-0.39, 0.29) is 18.7 Å². The average molecular weight is 304 g/mol. The second kappa shape index (κ2) is 5.90. The summed E-state index contributed by atoms with van der Waals surface area (Å²) in [7, 11) is -3.15. The summed E-state index contributed by atoms with van der Waals surface area (Å²) in [6.45, 7) is 3.42. The average Bonchev–Trinajstić information content (AvgIpc) is 2.33. The molecular formula is C12H20N2O5S. The number of amides is 4. The standard InChI is InChI=1S/C12H20N2O5S/c1-4-12(5-2)9(15)13-11(17)14(10(12)16)7-6-8-20(3,18)19/h4-8H2,1-3H3,(H,13,15,17). The van der Waals surface area contributed by atoms with Crippen LogP contribution in [0, 0.1) is 5.41 Å². The van der Waals surface area contributed by atoms with Gasteiger partial charge >= 0.3 is 6.03 Å². The Morgan fingerprint density at radius 1 is 1.15 bits per heavy atom. The van der Waals surface area contributed by atoms with Crippen molar-refractivity contribution in [2.45, 2.75) is 33.1 Å². The molecule has 0 bridgehead atoms. The number of carbonyl (C=O) groups is 3. The topological polar surface area (TPSA) is 101 Å². The largest absolute Gasteiger partial charge is 0.330 e. The van der Waals surface area contributed by atoms with Gasteiger partial charge in [0.2, 0.25) is 11.8 Å². The van der Waals surface area contributed by atoms with Crippen LogP contribution in [0.5, 0.6) is 0 Å². The lowest BCUT2D eigenvalue weighted by Crippen LogP contribution is -2.63. The van der Waals surface area contributed by atoms with Crippen molar-refractivity contribution in [3.05, 3.63) is 0 Å². The molecule has 0 radical (unpaired) electrons. The normalized spacial score (nSPS) is 19.1. The molecule has 1 aliphatic rings. The highest BCUT2D eigenvalue weighted by Gasteiger charge is 2.51. The maximum atomic E-state index is 12.4. The summed E-state index contributed by atoms with van der Waals surface area (Å²) in [4.78, 5) is 36.9. The molecule has 0 saturated carbocycles. The van der Waals surface area contributed by atoms with Gasteiger partial charge in [-0.05, 0) is 19.3 Å². The molecule has 0 aromatic carbocycles. The van der Waals surface area contributed by atoms with E-state index in [1.807, 2.05) is 0 Å². The van der Waals surface area contributed by atoms with E-state index in [4.69, 9.17) is 0 Å². The van der Waals surface area contributed by atoms with E-state index in [0.717, 1.165) is 11.2 Å². The Balaban J connectivity index is 2.88. The molecule has 0 aromatic rings. The maximum absolute atomic E-state index is 12.4. The van der Waals surface area contributed by atoms with Crippen LogP contribution in [0.25, 0.3) is 0 Å². The number of hydrogen-bond acceptors (Lipinski definition) is 5. The molecule has 4 amide bonds. The first-order chi connectivity index (χ1) is 9.18. The van der Waals surface area contributed by atoms with Gasteiger partial charge in [-0.25, -0.2) is 13.2 Å². The first-order valence-electron chi connectivity index (χ1n) is 6.53. The Kier molecular flexibility index (Phi) is 4.90. The molecule has 1 saturated heterocycles. The molecule has 0 aromatic heterocycles. The molecule has 0 aliphatic carbocycles. The van der Waals surface area contributed by atoms with Crippen LogP contribution < -0.4 is 5.32 Å². The number of urea groups is 1. The van der Waals surface area contributed by atoms with Gasteiger partial charge in [-0.2, -0.15) is 0 Å². The number of carbonyl (C=O) groups excluding carboxylic acids is 3. The minimum absolute atomic E-state index is 0.00718. The quantitative estimate of drug-likeness (QED) is 0.712. The molecule has 1 rings (SSSR count). The third-order valence-electron chi connectivity index (χ3n) is 3.66. The van der Waals surface area contributed by atoms with Crippen molar-refractivity contribution < 1.29 is 22.8 Å². The Labute approximate surface area is 118 Å². The molecule has 20 heavy (non-hydrogen) atoms. The first-order valence-corrected chi connectivity index (χ1v) is 8.59. The molecule has 7 nitrogen and oxygen atoms in total. The number of imide groups is 2. The summed E-state index contributed by atoms with van der Waals surface area (Å²) < 4.78 is 22.1. The van der Waals surface area contributed by atoms with Gasteiger partial charge in [-0.1, -0.05) is 13.8 Å². The second-order valence-corrected chi connectivity index (χ2v) is 7.25. The predicted molar refractivity (Wildman–Crippen MR) is 72.6 cm³/mol. The lowest BCUT2D eigenvalue weighted by atomic mass is 9.78. The molecule has 1 fully saturated rings. The van der Waals surface area contributed by atoms with Gasteiger partial charge in [0.05, 0.1) is 5.75 Å². The molecule has 0 unspecified atom stereocenters. The number of hydrogen-bond donors (Lipinski definition) is 1. The van der Waals surface area contributed by atoms with Crippen LogP contribution in [0.3, 0.4) is 0 Å². The van der Waals surface area contributed by atoms with E-state index in [9.17, 15) is 22.8 Å². The first kappa shape index (κ1) is 16.6. The minimum atomic E-state index is -3.15. The third kappa shape index (κ3) is 3.17. The SMILES string of the molecule is CCC1(CC)C(=O)NC(=O)N(CCCS(C)(=O)=O)C1=O. The lowest BCUT2D eigenvalue weighted by molar-refractivity contribution is -0.152. The zero-order chi connectivity index (χ0) is 15.6. The lowest BCUT2D eigenvalue weighted by Gasteiger charge is -2.38. The molecule has 0 spiro atoms. The van der Waals surface area contributed by atoms with Gasteiger partial charge in [-0.15, -0.1) is 0 Å². The molecule has 0 atom stereocenters. The van der Waals surface area contributed by atoms with E-state index in [1.54, 1.807) is 13.8 Å². The van der Waals surface area contributed by atoms with Gasteiger partial charge in [0, 0.05) is 12.8 Å². The van der Waals surface area contributed by atoms with Gasteiger partial charge in [0.1, 0.15) is 15.3 Å². The van der Waals surface area contributed by atoms with E-state index in [1.165, 1.54) is 0 Å². The number of sulfone groups is 1. The fraction of sp³-hybridized carbons (Fsp3) is 0.750. The van der Waals surface area contributed by atoms with Crippen LogP contribution in [0.4, 0.5) is 4.79 Å². The second-order valence-electron chi connectivity index (χ2n) is 4.99.